The van der Waals surface area contributed by atoms with Crippen LogP contribution in [0.4, 0.5) is 0 Å². The largest absolute Gasteiger partial charge is 0.493 e. The number of fused-ring (bicyclic) bond motifs is 1. The predicted octanol–water partition coefficient (Wildman–Crippen LogP) is 4.49. The molecule has 2 nitrogen and oxygen atoms in total. The molecule has 21 heavy (non-hydrogen) atoms. The van der Waals surface area contributed by atoms with Gasteiger partial charge >= 0.3 is 0 Å². The molecular formula is C18H20BrNO. The van der Waals surface area contributed by atoms with Crippen molar-refractivity contribution in [2.24, 2.45) is 0 Å². The lowest BCUT2D eigenvalue weighted by Gasteiger charge is -2.29. The number of ether oxygens (including phenoxy) is 1. The van der Waals surface area contributed by atoms with Gasteiger partial charge in [-0.2, -0.15) is 0 Å². The van der Waals surface area contributed by atoms with Gasteiger partial charge in [0, 0.05) is 28.5 Å². The van der Waals surface area contributed by atoms with Crippen LogP contribution in [0.25, 0.3) is 0 Å². The first-order valence-corrected chi connectivity index (χ1v) is 8.24. The average Bonchev–Trinajstić information content (AvgIpc) is 2.49. The molecule has 1 aliphatic rings. The Morgan fingerprint density at radius 3 is 2.86 bits per heavy atom. The number of nitrogens with one attached hydrogen (secondary N) is 1. The Hall–Kier alpha value is -1.32. The molecule has 1 N–H and O–H groups in total. The van der Waals surface area contributed by atoms with E-state index in [1.54, 1.807) is 0 Å². The fourth-order valence-corrected chi connectivity index (χ4v) is 3.29. The number of halogens is 1. The predicted molar refractivity (Wildman–Crippen MR) is 89.7 cm³/mol. The van der Waals surface area contributed by atoms with Gasteiger partial charge in [-0.1, -0.05) is 46.3 Å². The summed E-state index contributed by atoms with van der Waals surface area (Å²) in [5.41, 5.74) is 2.63. The minimum atomic E-state index is 0.366. The Kier molecular flexibility index (Phi) is 4.61. The van der Waals surface area contributed by atoms with Crippen molar-refractivity contribution in [3.05, 3.63) is 64.1 Å². The van der Waals surface area contributed by atoms with Crippen molar-refractivity contribution in [2.45, 2.75) is 31.8 Å². The Morgan fingerprint density at radius 1 is 1.24 bits per heavy atom. The minimum absolute atomic E-state index is 0.366. The van der Waals surface area contributed by atoms with Crippen molar-refractivity contribution < 1.29 is 4.74 Å². The highest BCUT2D eigenvalue weighted by atomic mass is 79.9. The van der Waals surface area contributed by atoms with Crippen molar-refractivity contribution in [2.75, 3.05) is 6.61 Å². The Balaban J connectivity index is 1.70. The lowest BCUT2D eigenvalue weighted by atomic mass is 9.98. The van der Waals surface area contributed by atoms with Crippen LogP contribution in [0.2, 0.25) is 0 Å². The molecule has 2 aromatic carbocycles. The summed E-state index contributed by atoms with van der Waals surface area (Å²) in [7, 11) is 0. The SMILES string of the molecule is CC(Cc1ccccc1)NC1CCOc2ccc(Br)cc21. The van der Waals surface area contributed by atoms with Gasteiger partial charge in [0.2, 0.25) is 0 Å². The van der Waals surface area contributed by atoms with Crippen LogP contribution in [0, 0.1) is 0 Å². The maximum Gasteiger partial charge on any atom is 0.124 e. The summed E-state index contributed by atoms with van der Waals surface area (Å²) in [5.74, 6) is 1.01. The first-order valence-electron chi connectivity index (χ1n) is 7.44. The lowest BCUT2D eigenvalue weighted by molar-refractivity contribution is 0.245. The normalized spacial score (nSPS) is 18.7. The lowest BCUT2D eigenvalue weighted by Crippen LogP contribution is -2.35. The third-order valence-electron chi connectivity index (χ3n) is 3.88. The highest BCUT2D eigenvalue weighted by Gasteiger charge is 2.22. The van der Waals surface area contributed by atoms with Crippen molar-refractivity contribution in [1.82, 2.24) is 5.32 Å². The fraction of sp³-hybridized carbons (Fsp3) is 0.333. The summed E-state index contributed by atoms with van der Waals surface area (Å²) >= 11 is 3.55. The van der Waals surface area contributed by atoms with Crippen LogP contribution in [0.3, 0.4) is 0 Å². The number of rotatable bonds is 4. The molecular weight excluding hydrogens is 326 g/mol. The van der Waals surface area contributed by atoms with E-state index in [0.717, 1.165) is 29.7 Å². The van der Waals surface area contributed by atoms with E-state index in [9.17, 15) is 0 Å². The minimum Gasteiger partial charge on any atom is -0.493 e. The van der Waals surface area contributed by atoms with Crippen LogP contribution in [-0.4, -0.2) is 12.6 Å². The molecule has 0 aliphatic carbocycles. The summed E-state index contributed by atoms with van der Waals surface area (Å²) < 4.78 is 6.85. The molecule has 0 radical (unpaired) electrons. The zero-order valence-electron chi connectivity index (χ0n) is 12.2. The zero-order chi connectivity index (χ0) is 14.7. The van der Waals surface area contributed by atoms with Crippen LogP contribution in [0.15, 0.2) is 53.0 Å². The number of hydrogen-bond donors (Lipinski definition) is 1. The average molecular weight is 346 g/mol. The van der Waals surface area contributed by atoms with Crippen LogP contribution in [0.1, 0.15) is 30.5 Å². The van der Waals surface area contributed by atoms with Crippen LogP contribution in [-0.2, 0) is 6.42 Å². The van der Waals surface area contributed by atoms with E-state index in [4.69, 9.17) is 4.74 Å². The molecule has 0 fully saturated rings. The van der Waals surface area contributed by atoms with E-state index in [0.29, 0.717) is 12.1 Å². The molecule has 2 aromatic rings. The van der Waals surface area contributed by atoms with Crippen molar-refractivity contribution in [1.29, 1.82) is 0 Å². The summed E-state index contributed by atoms with van der Waals surface area (Å²) in [6.07, 6.45) is 2.06. The Labute approximate surface area is 134 Å². The smallest absolute Gasteiger partial charge is 0.124 e. The second-order valence-corrected chi connectivity index (χ2v) is 6.54. The van der Waals surface area contributed by atoms with Gasteiger partial charge in [-0.25, -0.2) is 0 Å². The first-order chi connectivity index (χ1) is 10.2. The molecule has 2 unspecified atom stereocenters. The van der Waals surface area contributed by atoms with Gasteiger partial charge in [0.1, 0.15) is 5.75 Å². The van der Waals surface area contributed by atoms with Gasteiger partial charge < -0.3 is 10.1 Å². The van der Waals surface area contributed by atoms with Crippen molar-refractivity contribution in [3.8, 4) is 5.75 Å². The van der Waals surface area contributed by atoms with Gasteiger partial charge in [-0.15, -0.1) is 0 Å². The van der Waals surface area contributed by atoms with Crippen molar-refractivity contribution >= 4 is 15.9 Å². The number of hydrogen-bond acceptors (Lipinski definition) is 2. The zero-order valence-corrected chi connectivity index (χ0v) is 13.8. The summed E-state index contributed by atoms with van der Waals surface area (Å²) in [6.45, 7) is 3.03. The maximum absolute atomic E-state index is 5.75. The van der Waals surface area contributed by atoms with E-state index in [2.05, 4.69) is 70.6 Å². The summed E-state index contributed by atoms with van der Waals surface area (Å²) in [6, 6.07) is 17.7. The molecule has 110 valence electrons. The van der Waals surface area contributed by atoms with E-state index in [-0.39, 0.29) is 0 Å². The summed E-state index contributed by atoms with van der Waals surface area (Å²) in [4.78, 5) is 0. The molecule has 0 saturated heterocycles. The van der Waals surface area contributed by atoms with Crippen molar-refractivity contribution in [3.63, 3.8) is 0 Å². The third kappa shape index (κ3) is 3.66. The second kappa shape index (κ2) is 6.63. The van der Waals surface area contributed by atoms with Gasteiger partial charge in [-0.05, 0) is 37.1 Å². The van der Waals surface area contributed by atoms with Crippen LogP contribution < -0.4 is 10.1 Å². The first kappa shape index (κ1) is 14.6. The molecule has 1 heterocycles. The molecule has 3 rings (SSSR count). The van der Waals surface area contributed by atoms with Gasteiger partial charge in [0.15, 0.2) is 0 Å². The highest BCUT2D eigenvalue weighted by Crippen LogP contribution is 2.34. The topological polar surface area (TPSA) is 21.3 Å². The Bertz CT molecular complexity index is 599. The van der Waals surface area contributed by atoms with E-state index < -0.39 is 0 Å². The standard InChI is InChI=1S/C18H20BrNO/c1-13(11-14-5-3-2-4-6-14)20-17-9-10-21-18-8-7-15(19)12-16(17)18/h2-8,12-13,17,20H,9-11H2,1H3. The second-order valence-electron chi connectivity index (χ2n) is 5.63. The molecule has 0 saturated carbocycles. The molecule has 0 bridgehead atoms. The maximum atomic E-state index is 5.75. The summed E-state index contributed by atoms with van der Waals surface area (Å²) in [5, 5.41) is 3.75. The monoisotopic (exact) mass is 345 g/mol. The van der Waals surface area contributed by atoms with Gasteiger partial charge in [-0.3, -0.25) is 0 Å². The molecule has 1 aliphatic heterocycles. The number of benzene rings is 2. The van der Waals surface area contributed by atoms with Gasteiger partial charge in [0.25, 0.3) is 0 Å². The fourth-order valence-electron chi connectivity index (χ4n) is 2.91. The highest BCUT2D eigenvalue weighted by molar-refractivity contribution is 9.10. The molecule has 0 amide bonds. The van der Waals surface area contributed by atoms with Gasteiger partial charge in [0.05, 0.1) is 6.61 Å². The van der Waals surface area contributed by atoms with Crippen LogP contribution in [0.5, 0.6) is 5.75 Å². The third-order valence-corrected chi connectivity index (χ3v) is 4.38. The molecule has 0 spiro atoms. The van der Waals surface area contributed by atoms with E-state index >= 15 is 0 Å². The van der Waals surface area contributed by atoms with E-state index in [1.807, 2.05) is 6.07 Å². The molecule has 2 atom stereocenters. The quantitative estimate of drug-likeness (QED) is 0.881. The molecule has 0 aromatic heterocycles. The Morgan fingerprint density at radius 2 is 2.05 bits per heavy atom. The molecule has 3 heteroatoms. The van der Waals surface area contributed by atoms with Crippen LogP contribution >= 0.6 is 15.9 Å². The van der Waals surface area contributed by atoms with E-state index in [1.165, 1.54) is 11.1 Å².